The molecule has 138 valence electrons. The van der Waals surface area contributed by atoms with Gasteiger partial charge in [-0.3, -0.25) is 9.78 Å². The van der Waals surface area contributed by atoms with Crippen LogP contribution < -0.4 is 5.32 Å². The van der Waals surface area contributed by atoms with Gasteiger partial charge in [-0.2, -0.15) is 0 Å². The second kappa shape index (κ2) is 9.70. The summed E-state index contributed by atoms with van der Waals surface area (Å²) in [5.41, 5.74) is 2.09. The van der Waals surface area contributed by atoms with Crippen LogP contribution in [0, 0.1) is 0 Å². The van der Waals surface area contributed by atoms with Crippen LogP contribution in [-0.2, 0) is 17.8 Å². The highest BCUT2D eigenvalue weighted by molar-refractivity contribution is 6.30. The Hall–Kier alpha value is -1.91. The maximum absolute atomic E-state index is 13.1. The minimum Gasteiger partial charge on any atom is -0.334 e. The zero-order chi connectivity index (χ0) is 18.2. The monoisotopic (exact) mass is 371 g/mol. The molecule has 1 unspecified atom stereocenters. The first-order chi connectivity index (χ1) is 12.7. The molecule has 3 rings (SSSR count). The summed E-state index contributed by atoms with van der Waals surface area (Å²) in [6, 6.07) is 13.9. The fraction of sp³-hybridized carbons (Fsp3) is 0.429. The van der Waals surface area contributed by atoms with E-state index in [1.54, 1.807) is 6.20 Å². The van der Waals surface area contributed by atoms with E-state index in [0.29, 0.717) is 13.0 Å². The number of aromatic nitrogens is 1. The first-order valence-corrected chi connectivity index (χ1v) is 9.75. The van der Waals surface area contributed by atoms with Crippen LogP contribution in [-0.4, -0.2) is 34.9 Å². The van der Waals surface area contributed by atoms with Gasteiger partial charge < -0.3 is 10.2 Å². The number of benzene rings is 1. The molecule has 4 nitrogen and oxygen atoms in total. The zero-order valence-corrected chi connectivity index (χ0v) is 15.8. The van der Waals surface area contributed by atoms with Gasteiger partial charge in [0.2, 0.25) is 5.91 Å². The van der Waals surface area contributed by atoms with Crippen molar-refractivity contribution in [3.05, 3.63) is 64.9 Å². The lowest BCUT2D eigenvalue weighted by molar-refractivity contribution is -0.134. The van der Waals surface area contributed by atoms with Gasteiger partial charge in [0.25, 0.3) is 0 Å². The van der Waals surface area contributed by atoms with Crippen LogP contribution in [0.5, 0.6) is 0 Å². The van der Waals surface area contributed by atoms with E-state index in [1.807, 2.05) is 47.4 Å². The number of carbonyl (C=O) groups excluding carboxylic acids is 1. The Bertz CT molecular complexity index is 682. The highest BCUT2D eigenvalue weighted by Gasteiger charge is 2.24. The topological polar surface area (TPSA) is 45.2 Å². The van der Waals surface area contributed by atoms with Gasteiger partial charge >= 0.3 is 0 Å². The van der Waals surface area contributed by atoms with Crippen molar-refractivity contribution in [3.8, 4) is 0 Å². The zero-order valence-electron chi connectivity index (χ0n) is 15.0. The minimum atomic E-state index is 0.206. The van der Waals surface area contributed by atoms with Crippen LogP contribution in [0.4, 0.5) is 0 Å². The molecule has 2 aromatic rings. The number of halogens is 1. The second-order valence-corrected chi connectivity index (χ2v) is 7.24. The number of hydrogen-bond acceptors (Lipinski definition) is 3. The van der Waals surface area contributed by atoms with Crippen molar-refractivity contribution >= 4 is 17.5 Å². The van der Waals surface area contributed by atoms with E-state index in [4.69, 9.17) is 11.6 Å². The molecule has 0 bridgehead atoms. The lowest BCUT2D eigenvalue weighted by Gasteiger charge is -2.31. The third kappa shape index (κ3) is 5.55. The third-order valence-electron chi connectivity index (χ3n) is 4.91. The van der Waals surface area contributed by atoms with E-state index in [9.17, 15) is 4.79 Å². The number of nitrogens with zero attached hydrogens (tertiary/aromatic N) is 2. The van der Waals surface area contributed by atoms with Crippen LogP contribution in [0.15, 0.2) is 48.7 Å². The SMILES string of the molecule is O=C(CCc1ccc(Cl)cc1)N(Cc1ccccn1)C1CCCNCC1. The van der Waals surface area contributed by atoms with Gasteiger partial charge in [0.1, 0.15) is 0 Å². The quantitative estimate of drug-likeness (QED) is 0.839. The molecule has 5 heteroatoms. The highest BCUT2D eigenvalue weighted by atomic mass is 35.5. The van der Waals surface area contributed by atoms with Crippen molar-refractivity contribution < 1.29 is 4.79 Å². The number of hydrogen-bond donors (Lipinski definition) is 1. The average Bonchev–Trinajstić information content (AvgIpc) is 2.95. The van der Waals surface area contributed by atoms with Crippen LogP contribution in [0.2, 0.25) is 5.02 Å². The van der Waals surface area contributed by atoms with E-state index in [0.717, 1.165) is 55.1 Å². The van der Waals surface area contributed by atoms with Crippen LogP contribution in [0.25, 0.3) is 0 Å². The van der Waals surface area contributed by atoms with Crippen molar-refractivity contribution in [1.82, 2.24) is 15.2 Å². The average molecular weight is 372 g/mol. The summed E-state index contributed by atoms with van der Waals surface area (Å²) < 4.78 is 0. The van der Waals surface area contributed by atoms with E-state index >= 15 is 0 Å². The Morgan fingerprint density at radius 1 is 1.15 bits per heavy atom. The molecule has 1 amide bonds. The molecule has 1 atom stereocenters. The molecule has 1 aliphatic heterocycles. The van der Waals surface area contributed by atoms with Crippen molar-refractivity contribution in [1.29, 1.82) is 0 Å². The smallest absolute Gasteiger partial charge is 0.223 e. The van der Waals surface area contributed by atoms with E-state index < -0.39 is 0 Å². The number of amides is 1. The summed E-state index contributed by atoms with van der Waals surface area (Å²) in [6.45, 7) is 2.59. The molecule has 26 heavy (non-hydrogen) atoms. The van der Waals surface area contributed by atoms with Gasteiger partial charge in [0.05, 0.1) is 12.2 Å². The molecule has 1 saturated heterocycles. The Morgan fingerprint density at radius 3 is 2.77 bits per heavy atom. The predicted octanol–water partition coefficient (Wildman–Crippen LogP) is 3.84. The van der Waals surface area contributed by atoms with Crippen molar-refractivity contribution in [3.63, 3.8) is 0 Å². The highest BCUT2D eigenvalue weighted by Crippen LogP contribution is 2.19. The Balaban J connectivity index is 1.68. The van der Waals surface area contributed by atoms with Crippen LogP contribution in [0.1, 0.15) is 36.9 Å². The largest absolute Gasteiger partial charge is 0.334 e. The maximum atomic E-state index is 13.1. The first-order valence-electron chi connectivity index (χ1n) is 9.37. The fourth-order valence-electron chi connectivity index (χ4n) is 3.45. The molecule has 0 radical (unpaired) electrons. The van der Waals surface area contributed by atoms with Crippen LogP contribution in [0.3, 0.4) is 0 Å². The molecule has 1 fully saturated rings. The predicted molar refractivity (Wildman–Crippen MR) is 105 cm³/mol. The summed E-state index contributed by atoms with van der Waals surface area (Å²) in [5, 5.41) is 4.16. The molecule has 2 heterocycles. The van der Waals surface area contributed by atoms with E-state index in [1.165, 1.54) is 0 Å². The lowest BCUT2D eigenvalue weighted by Crippen LogP contribution is -2.40. The van der Waals surface area contributed by atoms with Gasteiger partial charge in [0, 0.05) is 23.7 Å². The number of nitrogens with one attached hydrogen (secondary N) is 1. The number of aryl methyl sites for hydroxylation is 1. The molecular formula is C21H26ClN3O. The second-order valence-electron chi connectivity index (χ2n) is 6.80. The summed E-state index contributed by atoms with van der Waals surface area (Å²) in [7, 11) is 0. The molecule has 1 aromatic carbocycles. The van der Waals surface area contributed by atoms with Crippen LogP contribution >= 0.6 is 11.6 Å². The van der Waals surface area contributed by atoms with Gasteiger partial charge in [0.15, 0.2) is 0 Å². The summed E-state index contributed by atoms with van der Waals surface area (Å²) in [5.74, 6) is 0.206. The molecule has 1 aromatic heterocycles. The number of rotatable bonds is 6. The maximum Gasteiger partial charge on any atom is 0.223 e. The first kappa shape index (κ1) is 18.9. The standard InChI is InChI=1S/C21H26ClN3O/c22-18-9-6-17(7-10-18)8-11-21(26)25(16-19-4-1-2-14-24-19)20-5-3-13-23-15-12-20/h1-2,4,6-7,9-10,14,20,23H,3,5,8,11-13,15-16H2. The molecule has 1 N–H and O–H groups in total. The van der Waals surface area contributed by atoms with E-state index in [2.05, 4.69) is 10.3 Å². The Morgan fingerprint density at radius 2 is 2.00 bits per heavy atom. The van der Waals surface area contributed by atoms with Gasteiger partial charge in [-0.15, -0.1) is 0 Å². The van der Waals surface area contributed by atoms with Crippen molar-refractivity contribution in [2.45, 2.75) is 44.7 Å². The minimum absolute atomic E-state index is 0.206. The molecule has 0 saturated carbocycles. The Kier molecular flexibility index (Phi) is 7.04. The van der Waals surface area contributed by atoms with Gasteiger partial charge in [-0.25, -0.2) is 0 Å². The molecular weight excluding hydrogens is 346 g/mol. The summed E-state index contributed by atoms with van der Waals surface area (Å²) >= 11 is 5.94. The van der Waals surface area contributed by atoms with E-state index in [-0.39, 0.29) is 11.9 Å². The molecule has 0 spiro atoms. The van der Waals surface area contributed by atoms with Crippen molar-refractivity contribution in [2.24, 2.45) is 0 Å². The Labute approximate surface area is 160 Å². The molecule has 1 aliphatic rings. The number of carbonyl (C=O) groups is 1. The number of pyridine rings is 1. The summed E-state index contributed by atoms with van der Waals surface area (Å²) in [6.07, 6.45) is 6.19. The fourth-order valence-corrected chi connectivity index (χ4v) is 3.57. The van der Waals surface area contributed by atoms with Crippen molar-refractivity contribution in [2.75, 3.05) is 13.1 Å². The van der Waals surface area contributed by atoms with Gasteiger partial charge in [-0.1, -0.05) is 29.8 Å². The molecule has 0 aliphatic carbocycles. The summed E-state index contributed by atoms with van der Waals surface area (Å²) in [4.78, 5) is 19.5. The third-order valence-corrected chi connectivity index (χ3v) is 5.16. The van der Waals surface area contributed by atoms with Gasteiger partial charge in [-0.05, 0) is 68.6 Å². The lowest BCUT2D eigenvalue weighted by atomic mass is 10.0. The normalized spacial score (nSPS) is 17.5.